The highest BCUT2D eigenvalue weighted by atomic mass is 16.5. The molecule has 5 fully saturated rings. The highest BCUT2D eigenvalue weighted by Crippen LogP contribution is 2.70. The maximum Gasteiger partial charge on any atom is 0.0685 e. The maximum atomic E-state index is 6.79. The molecule has 0 aromatic carbocycles. The first kappa shape index (κ1) is 12.5. The quantitative estimate of drug-likeness (QED) is 0.839. The van der Waals surface area contributed by atoms with Gasteiger partial charge in [-0.3, -0.25) is 0 Å². The summed E-state index contributed by atoms with van der Waals surface area (Å²) in [7, 11) is 0. The Hall–Kier alpha value is -0.0800. The van der Waals surface area contributed by atoms with Gasteiger partial charge in [0.25, 0.3) is 0 Å². The van der Waals surface area contributed by atoms with Gasteiger partial charge in [0.05, 0.1) is 5.60 Å². The smallest absolute Gasteiger partial charge is 0.0685 e. The van der Waals surface area contributed by atoms with E-state index in [1.54, 1.807) is 6.42 Å². The second-order valence-corrected chi connectivity index (χ2v) is 8.63. The van der Waals surface area contributed by atoms with Gasteiger partial charge >= 0.3 is 0 Å². The average Bonchev–Trinajstić information content (AvgIpc) is 2.83. The molecule has 2 heteroatoms. The van der Waals surface area contributed by atoms with Gasteiger partial charge in [-0.2, -0.15) is 0 Å². The van der Waals surface area contributed by atoms with Crippen LogP contribution in [0.2, 0.25) is 0 Å². The standard InChI is InChI=1S/C18H29NO/c19-17(16-14-11-3-4-12(9-11)15(14)16)13-5-8-20-18(10-13)6-1-2-7-18/h11-17H,1-10,19H2. The molecule has 6 atom stereocenters. The van der Waals surface area contributed by atoms with Crippen LogP contribution in [0.4, 0.5) is 0 Å². The molecule has 4 saturated carbocycles. The zero-order chi connectivity index (χ0) is 13.3. The number of ether oxygens (including phenoxy) is 1. The number of hydrogen-bond acceptors (Lipinski definition) is 2. The van der Waals surface area contributed by atoms with Gasteiger partial charge in [0.1, 0.15) is 0 Å². The molecule has 1 spiro atoms. The van der Waals surface area contributed by atoms with Crippen molar-refractivity contribution in [3.8, 4) is 0 Å². The molecule has 1 aliphatic heterocycles. The van der Waals surface area contributed by atoms with Gasteiger partial charge in [-0.05, 0) is 80.5 Å². The van der Waals surface area contributed by atoms with Gasteiger partial charge in [0.15, 0.2) is 0 Å². The van der Waals surface area contributed by atoms with Crippen LogP contribution in [0.1, 0.15) is 57.8 Å². The Kier molecular flexibility index (Phi) is 2.63. The SMILES string of the molecule is NC(C1CCOC2(CCCC2)C1)C1C2C3CCC(C3)C21. The molecule has 6 unspecified atom stereocenters. The fourth-order valence-electron chi connectivity index (χ4n) is 6.98. The summed E-state index contributed by atoms with van der Waals surface area (Å²) in [5, 5.41) is 0. The Bertz CT molecular complexity index is 386. The average molecular weight is 275 g/mol. The van der Waals surface area contributed by atoms with E-state index < -0.39 is 0 Å². The molecular formula is C18H29NO. The summed E-state index contributed by atoms with van der Waals surface area (Å²) in [4.78, 5) is 0. The highest BCUT2D eigenvalue weighted by Gasteiger charge is 2.67. The van der Waals surface area contributed by atoms with E-state index in [0.717, 1.165) is 42.1 Å². The fraction of sp³-hybridized carbons (Fsp3) is 1.00. The summed E-state index contributed by atoms with van der Waals surface area (Å²) < 4.78 is 6.20. The van der Waals surface area contributed by atoms with Crippen molar-refractivity contribution in [2.75, 3.05) is 6.61 Å². The van der Waals surface area contributed by atoms with E-state index in [-0.39, 0.29) is 5.60 Å². The summed E-state index contributed by atoms with van der Waals surface area (Å²) in [5.41, 5.74) is 7.05. The van der Waals surface area contributed by atoms with E-state index in [9.17, 15) is 0 Å². The Morgan fingerprint density at radius 3 is 2.40 bits per heavy atom. The number of nitrogens with two attached hydrogens (primary N) is 1. The third kappa shape index (κ3) is 1.64. The topological polar surface area (TPSA) is 35.2 Å². The van der Waals surface area contributed by atoms with Crippen LogP contribution in [0.3, 0.4) is 0 Å². The highest BCUT2D eigenvalue weighted by molar-refractivity contribution is 5.16. The minimum absolute atomic E-state index is 0.253. The molecular weight excluding hydrogens is 246 g/mol. The van der Waals surface area contributed by atoms with Crippen molar-refractivity contribution >= 4 is 0 Å². The van der Waals surface area contributed by atoms with Crippen molar-refractivity contribution < 1.29 is 4.74 Å². The molecule has 0 amide bonds. The Balaban J connectivity index is 1.29. The minimum Gasteiger partial charge on any atom is -0.375 e. The normalized spacial score (nSPS) is 53.2. The van der Waals surface area contributed by atoms with Gasteiger partial charge < -0.3 is 10.5 Å². The van der Waals surface area contributed by atoms with Crippen LogP contribution in [0.15, 0.2) is 0 Å². The first-order valence-electron chi connectivity index (χ1n) is 9.17. The monoisotopic (exact) mass is 275 g/mol. The lowest BCUT2D eigenvalue weighted by molar-refractivity contribution is -0.0976. The Labute approximate surface area is 122 Å². The third-order valence-corrected chi connectivity index (χ3v) is 7.83. The number of hydrogen-bond donors (Lipinski definition) is 1. The zero-order valence-corrected chi connectivity index (χ0v) is 12.6. The molecule has 0 aromatic heterocycles. The molecule has 5 rings (SSSR count). The molecule has 112 valence electrons. The van der Waals surface area contributed by atoms with Crippen LogP contribution in [0.5, 0.6) is 0 Å². The van der Waals surface area contributed by atoms with Crippen molar-refractivity contribution in [3.63, 3.8) is 0 Å². The largest absolute Gasteiger partial charge is 0.375 e. The molecule has 0 aromatic rings. The molecule has 1 heterocycles. The van der Waals surface area contributed by atoms with E-state index in [1.165, 1.54) is 51.4 Å². The summed E-state index contributed by atoms with van der Waals surface area (Å²) >= 11 is 0. The molecule has 5 aliphatic rings. The summed E-state index contributed by atoms with van der Waals surface area (Å²) in [6.07, 6.45) is 12.5. The predicted octanol–water partition coefficient (Wildman–Crippen LogP) is 3.35. The van der Waals surface area contributed by atoms with E-state index in [2.05, 4.69) is 0 Å². The van der Waals surface area contributed by atoms with Crippen LogP contribution in [0.25, 0.3) is 0 Å². The van der Waals surface area contributed by atoms with Crippen LogP contribution < -0.4 is 5.73 Å². The van der Waals surface area contributed by atoms with Crippen molar-refractivity contribution in [1.29, 1.82) is 0 Å². The molecule has 2 N–H and O–H groups in total. The van der Waals surface area contributed by atoms with Crippen molar-refractivity contribution in [1.82, 2.24) is 0 Å². The molecule has 1 saturated heterocycles. The number of fused-ring (bicyclic) bond motifs is 5. The maximum absolute atomic E-state index is 6.79. The van der Waals surface area contributed by atoms with Crippen molar-refractivity contribution in [3.05, 3.63) is 0 Å². The van der Waals surface area contributed by atoms with Gasteiger partial charge in [0.2, 0.25) is 0 Å². The summed E-state index contributed by atoms with van der Waals surface area (Å²) in [6, 6.07) is 0.495. The molecule has 2 nitrogen and oxygen atoms in total. The lowest BCUT2D eigenvalue weighted by atomic mass is 9.78. The summed E-state index contributed by atoms with van der Waals surface area (Å²) in [5.74, 6) is 5.90. The third-order valence-electron chi connectivity index (χ3n) is 7.83. The first-order valence-corrected chi connectivity index (χ1v) is 9.17. The fourth-order valence-corrected chi connectivity index (χ4v) is 6.98. The molecule has 0 radical (unpaired) electrons. The number of rotatable bonds is 2. The lowest BCUT2D eigenvalue weighted by Gasteiger charge is -2.41. The molecule has 4 aliphatic carbocycles. The van der Waals surface area contributed by atoms with Crippen molar-refractivity contribution in [2.24, 2.45) is 41.2 Å². The van der Waals surface area contributed by atoms with Gasteiger partial charge in [0, 0.05) is 12.6 Å². The minimum atomic E-state index is 0.253. The van der Waals surface area contributed by atoms with E-state index in [0.29, 0.717) is 6.04 Å². The first-order chi connectivity index (χ1) is 9.77. The van der Waals surface area contributed by atoms with Gasteiger partial charge in [-0.25, -0.2) is 0 Å². The van der Waals surface area contributed by atoms with E-state index in [4.69, 9.17) is 10.5 Å². The van der Waals surface area contributed by atoms with Crippen LogP contribution >= 0.6 is 0 Å². The second-order valence-electron chi connectivity index (χ2n) is 8.63. The van der Waals surface area contributed by atoms with E-state index in [1.807, 2.05) is 0 Å². The van der Waals surface area contributed by atoms with Crippen LogP contribution in [-0.4, -0.2) is 18.2 Å². The van der Waals surface area contributed by atoms with Gasteiger partial charge in [-0.1, -0.05) is 12.8 Å². The van der Waals surface area contributed by atoms with Crippen molar-refractivity contribution in [2.45, 2.75) is 69.4 Å². The summed E-state index contributed by atoms with van der Waals surface area (Å²) in [6.45, 7) is 0.979. The predicted molar refractivity (Wildman–Crippen MR) is 79.2 cm³/mol. The Morgan fingerprint density at radius 1 is 1.00 bits per heavy atom. The van der Waals surface area contributed by atoms with Crippen LogP contribution in [-0.2, 0) is 4.74 Å². The molecule has 20 heavy (non-hydrogen) atoms. The zero-order valence-electron chi connectivity index (χ0n) is 12.6. The second kappa shape index (κ2) is 4.23. The Morgan fingerprint density at radius 2 is 1.70 bits per heavy atom. The van der Waals surface area contributed by atoms with E-state index >= 15 is 0 Å². The van der Waals surface area contributed by atoms with Gasteiger partial charge in [-0.15, -0.1) is 0 Å². The van der Waals surface area contributed by atoms with Crippen LogP contribution in [0, 0.1) is 35.5 Å². The lowest BCUT2D eigenvalue weighted by Crippen LogP contribution is -2.45. The molecule has 2 bridgehead atoms.